The zero-order valence-corrected chi connectivity index (χ0v) is 14.5. The number of nitrogens with one attached hydrogen (secondary N) is 2. The highest BCUT2D eigenvalue weighted by atomic mass is 19.4. The Morgan fingerprint density at radius 3 is 2.30 bits per heavy atom. The molecule has 27 heavy (non-hydrogen) atoms. The van der Waals surface area contributed by atoms with Gasteiger partial charge in [0.25, 0.3) is 0 Å². The van der Waals surface area contributed by atoms with E-state index in [9.17, 15) is 13.2 Å². The van der Waals surface area contributed by atoms with Crippen LogP contribution in [0.2, 0.25) is 0 Å². The van der Waals surface area contributed by atoms with Gasteiger partial charge in [0.2, 0.25) is 0 Å². The zero-order chi connectivity index (χ0) is 19.3. The first-order chi connectivity index (χ1) is 13.0. The molecule has 140 valence electrons. The second-order valence-corrected chi connectivity index (χ2v) is 6.06. The fraction of sp³-hybridized carbons (Fsp3) is 0.190. The Hall–Kier alpha value is -2.86. The van der Waals surface area contributed by atoms with Crippen LogP contribution in [0.3, 0.4) is 0 Å². The minimum absolute atomic E-state index is 0.425. The molecule has 3 nitrogen and oxygen atoms in total. The maximum absolute atomic E-state index is 12.5. The van der Waals surface area contributed by atoms with Crippen LogP contribution < -0.4 is 10.1 Å². The van der Waals surface area contributed by atoms with E-state index in [4.69, 9.17) is 10.1 Å². The zero-order valence-electron chi connectivity index (χ0n) is 14.5. The Labute approximate surface area is 155 Å². The highest BCUT2D eigenvalue weighted by Crippen LogP contribution is 2.29. The van der Waals surface area contributed by atoms with Crippen LogP contribution in [-0.2, 0) is 12.7 Å². The third-order valence-corrected chi connectivity index (χ3v) is 4.22. The highest BCUT2D eigenvalue weighted by Gasteiger charge is 2.29. The SMILES string of the molecule is N=Cc1ccc(OCCNCc2ccc(C(F)(F)F)cc2)c2ccccc12. The van der Waals surface area contributed by atoms with E-state index in [0.29, 0.717) is 19.7 Å². The fourth-order valence-electron chi connectivity index (χ4n) is 2.82. The lowest BCUT2D eigenvalue weighted by Gasteiger charge is -2.12. The number of alkyl halides is 3. The van der Waals surface area contributed by atoms with E-state index in [-0.39, 0.29) is 0 Å². The molecule has 0 saturated heterocycles. The van der Waals surface area contributed by atoms with Crippen LogP contribution in [0.25, 0.3) is 10.8 Å². The van der Waals surface area contributed by atoms with Gasteiger partial charge < -0.3 is 15.5 Å². The summed E-state index contributed by atoms with van der Waals surface area (Å²) in [6, 6.07) is 16.6. The van der Waals surface area contributed by atoms with Gasteiger partial charge in [0.1, 0.15) is 12.4 Å². The molecule has 0 amide bonds. The molecule has 0 unspecified atom stereocenters. The first-order valence-electron chi connectivity index (χ1n) is 8.51. The second-order valence-electron chi connectivity index (χ2n) is 6.06. The maximum Gasteiger partial charge on any atom is 0.416 e. The average molecular weight is 372 g/mol. The summed E-state index contributed by atoms with van der Waals surface area (Å²) in [6.45, 7) is 1.45. The molecule has 6 heteroatoms. The summed E-state index contributed by atoms with van der Waals surface area (Å²) in [5, 5.41) is 12.5. The number of fused-ring (bicyclic) bond motifs is 1. The van der Waals surface area contributed by atoms with Crippen molar-refractivity contribution in [2.75, 3.05) is 13.2 Å². The third-order valence-electron chi connectivity index (χ3n) is 4.22. The smallest absolute Gasteiger partial charge is 0.416 e. The fourth-order valence-corrected chi connectivity index (χ4v) is 2.82. The number of benzene rings is 3. The number of hydrogen-bond donors (Lipinski definition) is 2. The predicted octanol–water partition coefficient (Wildman–Crippen LogP) is 5.02. The molecule has 0 radical (unpaired) electrons. The number of hydrogen-bond acceptors (Lipinski definition) is 3. The third kappa shape index (κ3) is 4.65. The van der Waals surface area contributed by atoms with Crippen LogP contribution in [0, 0.1) is 5.41 Å². The van der Waals surface area contributed by atoms with Gasteiger partial charge in [-0.3, -0.25) is 0 Å². The van der Waals surface area contributed by atoms with Gasteiger partial charge in [-0.25, -0.2) is 0 Å². The van der Waals surface area contributed by atoms with Gasteiger partial charge in [0, 0.05) is 30.3 Å². The van der Waals surface area contributed by atoms with Crippen molar-refractivity contribution >= 4 is 17.0 Å². The standard InChI is InChI=1S/C21H19F3N2O/c22-21(23,24)17-8-5-15(6-9-17)14-26-11-12-27-20-10-7-16(13-25)18-3-1-2-4-19(18)20/h1-10,13,25-26H,11-12,14H2. The molecular formula is C21H19F3N2O. The summed E-state index contributed by atoms with van der Waals surface area (Å²) in [7, 11) is 0. The monoisotopic (exact) mass is 372 g/mol. The van der Waals surface area contributed by atoms with E-state index >= 15 is 0 Å². The average Bonchev–Trinajstić information content (AvgIpc) is 2.67. The topological polar surface area (TPSA) is 45.1 Å². The molecule has 0 saturated carbocycles. The van der Waals surface area contributed by atoms with Crippen LogP contribution >= 0.6 is 0 Å². The van der Waals surface area contributed by atoms with Crippen LogP contribution in [0.15, 0.2) is 60.7 Å². The van der Waals surface area contributed by atoms with Gasteiger partial charge in [-0.15, -0.1) is 0 Å². The van der Waals surface area contributed by atoms with Crippen molar-refractivity contribution in [3.8, 4) is 5.75 Å². The number of ether oxygens (including phenoxy) is 1. The van der Waals surface area contributed by atoms with Crippen molar-refractivity contribution in [3.63, 3.8) is 0 Å². The maximum atomic E-state index is 12.5. The van der Waals surface area contributed by atoms with Crippen LogP contribution in [0.4, 0.5) is 13.2 Å². The normalized spacial score (nSPS) is 11.5. The molecule has 3 aromatic rings. The van der Waals surface area contributed by atoms with Crippen molar-refractivity contribution in [3.05, 3.63) is 77.4 Å². The Bertz CT molecular complexity index is 921. The van der Waals surface area contributed by atoms with E-state index in [1.165, 1.54) is 18.3 Å². The first kappa shape index (κ1) is 18.9. The summed E-state index contributed by atoms with van der Waals surface area (Å²) in [4.78, 5) is 0. The van der Waals surface area contributed by atoms with E-state index in [1.54, 1.807) is 0 Å². The van der Waals surface area contributed by atoms with E-state index in [2.05, 4.69) is 5.32 Å². The summed E-state index contributed by atoms with van der Waals surface area (Å²) in [6.07, 6.45) is -2.99. The lowest BCUT2D eigenvalue weighted by molar-refractivity contribution is -0.137. The van der Waals surface area contributed by atoms with Gasteiger partial charge in [-0.1, -0.05) is 36.4 Å². The summed E-state index contributed by atoms with van der Waals surface area (Å²) < 4.78 is 43.5. The summed E-state index contributed by atoms with van der Waals surface area (Å²) in [5.74, 6) is 0.743. The molecule has 0 aliphatic heterocycles. The molecule has 0 spiro atoms. The van der Waals surface area contributed by atoms with Crippen molar-refractivity contribution in [2.45, 2.75) is 12.7 Å². The quantitative estimate of drug-likeness (QED) is 0.452. The Kier molecular flexibility index (Phi) is 5.76. The molecule has 0 atom stereocenters. The molecule has 0 aliphatic carbocycles. The van der Waals surface area contributed by atoms with Gasteiger partial charge in [0.15, 0.2) is 0 Å². The molecule has 3 rings (SSSR count). The predicted molar refractivity (Wildman–Crippen MR) is 100 cm³/mol. The number of halogens is 3. The van der Waals surface area contributed by atoms with Crippen molar-refractivity contribution in [1.82, 2.24) is 5.32 Å². The Morgan fingerprint density at radius 2 is 1.63 bits per heavy atom. The largest absolute Gasteiger partial charge is 0.492 e. The van der Waals surface area contributed by atoms with E-state index in [1.807, 2.05) is 36.4 Å². The molecular weight excluding hydrogens is 353 g/mol. The van der Waals surface area contributed by atoms with Crippen LogP contribution in [-0.4, -0.2) is 19.4 Å². The summed E-state index contributed by atoms with van der Waals surface area (Å²) >= 11 is 0. The van der Waals surface area contributed by atoms with Gasteiger partial charge in [-0.2, -0.15) is 13.2 Å². The Morgan fingerprint density at radius 1 is 0.926 bits per heavy atom. The van der Waals surface area contributed by atoms with E-state index < -0.39 is 11.7 Å². The number of rotatable bonds is 7. The molecule has 0 heterocycles. The Balaban J connectivity index is 1.52. The molecule has 0 fully saturated rings. The van der Waals surface area contributed by atoms with Crippen molar-refractivity contribution < 1.29 is 17.9 Å². The van der Waals surface area contributed by atoms with Crippen molar-refractivity contribution in [1.29, 1.82) is 5.41 Å². The lowest BCUT2D eigenvalue weighted by Crippen LogP contribution is -2.20. The molecule has 0 bridgehead atoms. The van der Waals surface area contributed by atoms with Crippen LogP contribution in [0.1, 0.15) is 16.7 Å². The van der Waals surface area contributed by atoms with Gasteiger partial charge in [-0.05, 0) is 35.2 Å². The molecule has 0 aromatic heterocycles. The molecule has 3 aromatic carbocycles. The van der Waals surface area contributed by atoms with Crippen LogP contribution in [0.5, 0.6) is 5.75 Å². The summed E-state index contributed by atoms with van der Waals surface area (Å²) in [5.41, 5.74) is 0.969. The lowest BCUT2D eigenvalue weighted by atomic mass is 10.0. The van der Waals surface area contributed by atoms with E-state index in [0.717, 1.165) is 39.8 Å². The second kappa shape index (κ2) is 8.22. The minimum Gasteiger partial charge on any atom is -0.492 e. The highest BCUT2D eigenvalue weighted by molar-refractivity contribution is 6.01. The van der Waals surface area contributed by atoms with Crippen molar-refractivity contribution in [2.24, 2.45) is 0 Å². The molecule has 0 aliphatic rings. The minimum atomic E-state index is -4.31. The van der Waals surface area contributed by atoms with Gasteiger partial charge >= 0.3 is 6.18 Å². The van der Waals surface area contributed by atoms with Gasteiger partial charge in [0.05, 0.1) is 5.56 Å². The molecule has 2 N–H and O–H groups in total. The first-order valence-corrected chi connectivity index (χ1v) is 8.51.